The Balaban J connectivity index is 1.79. The molecule has 12 heavy (non-hydrogen) atoms. The molecule has 0 amide bonds. The summed E-state index contributed by atoms with van der Waals surface area (Å²) in [5.41, 5.74) is 0.621. The molecule has 2 nitrogen and oxygen atoms in total. The highest BCUT2D eigenvalue weighted by Gasteiger charge is 2.40. The fourth-order valence-corrected chi connectivity index (χ4v) is 2.36. The first-order valence-electron chi connectivity index (χ1n) is 5.01. The van der Waals surface area contributed by atoms with Crippen LogP contribution in [0.15, 0.2) is 0 Å². The van der Waals surface area contributed by atoms with E-state index in [1.54, 1.807) is 0 Å². The average Bonchev–Trinajstić information content (AvgIpc) is 1.77. The molecule has 0 aromatic heterocycles. The Labute approximate surface area is 75.3 Å². The van der Waals surface area contributed by atoms with Crippen molar-refractivity contribution in [3.8, 4) is 0 Å². The maximum atomic E-state index is 3.32. The van der Waals surface area contributed by atoms with Crippen LogP contribution in [0, 0.1) is 5.41 Å². The fourth-order valence-electron chi connectivity index (χ4n) is 2.36. The van der Waals surface area contributed by atoms with E-state index in [0.29, 0.717) is 5.41 Å². The van der Waals surface area contributed by atoms with Gasteiger partial charge >= 0.3 is 0 Å². The van der Waals surface area contributed by atoms with Crippen molar-refractivity contribution in [2.45, 2.75) is 38.8 Å². The van der Waals surface area contributed by atoms with Crippen molar-refractivity contribution in [2.75, 3.05) is 20.1 Å². The van der Waals surface area contributed by atoms with Gasteiger partial charge in [0.25, 0.3) is 0 Å². The molecule has 1 heterocycles. The van der Waals surface area contributed by atoms with Crippen molar-refractivity contribution in [2.24, 2.45) is 5.41 Å². The van der Waals surface area contributed by atoms with Crippen molar-refractivity contribution < 1.29 is 0 Å². The van der Waals surface area contributed by atoms with Crippen LogP contribution in [0.2, 0.25) is 0 Å². The van der Waals surface area contributed by atoms with Crippen LogP contribution in [-0.2, 0) is 0 Å². The van der Waals surface area contributed by atoms with E-state index in [2.05, 4.69) is 31.1 Å². The van der Waals surface area contributed by atoms with Crippen LogP contribution in [-0.4, -0.2) is 37.1 Å². The van der Waals surface area contributed by atoms with Crippen LogP contribution in [0.5, 0.6) is 0 Å². The van der Waals surface area contributed by atoms with Gasteiger partial charge in [0, 0.05) is 25.2 Å². The molecule has 2 fully saturated rings. The third kappa shape index (κ3) is 1.38. The molecule has 1 saturated heterocycles. The second kappa shape index (κ2) is 2.71. The highest BCUT2D eigenvalue weighted by atomic mass is 15.2. The summed E-state index contributed by atoms with van der Waals surface area (Å²) in [6.07, 6.45) is 2.78. The van der Waals surface area contributed by atoms with E-state index >= 15 is 0 Å². The summed E-state index contributed by atoms with van der Waals surface area (Å²) < 4.78 is 0. The molecule has 2 aliphatic rings. The topological polar surface area (TPSA) is 15.3 Å². The van der Waals surface area contributed by atoms with E-state index in [1.807, 2.05) is 0 Å². The van der Waals surface area contributed by atoms with Gasteiger partial charge in [-0.15, -0.1) is 0 Å². The molecule has 2 heteroatoms. The summed E-state index contributed by atoms with van der Waals surface area (Å²) >= 11 is 0. The van der Waals surface area contributed by atoms with Crippen molar-refractivity contribution in [1.82, 2.24) is 10.2 Å². The van der Waals surface area contributed by atoms with Gasteiger partial charge in [0.15, 0.2) is 0 Å². The Kier molecular flexibility index (Phi) is 1.92. The number of rotatable bonds is 2. The first-order valence-corrected chi connectivity index (χ1v) is 5.01. The zero-order valence-corrected chi connectivity index (χ0v) is 8.43. The molecule has 2 rings (SSSR count). The molecule has 0 radical (unpaired) electrons. The summed E-state index contributed by atoms with van der Waals surface area (Å²) in [4.78, 5) is 2.57. The van der Waals surface area contributed by atoms with Crippen molar-refractivity contribution in [1.29, 1.82) is 0 Å². The number of hydrogen-bond donors (Lipinski definition) is 1. The lowest BCUT2D eigenvalue weighted by atomic mass is 9.67. The lowest BCUT2D eigenvalue weighted by molar-refractivity contribution is 0.00363. The molecule has 0 unspecified atom stereocenters. The standard InChI is InChI=1S/C10H20N2/c1-10(2)4-8(5-10)12(3)9-6-11-7-9/h8-9,11H,4-7H2,1-3H3. The van der Waals surface area contributed by atoms with Crippen LogP contribution in [0.1, 0.15) is 26.7 Å². The van der Waals surface area contributed by atoms with Crippen LogP contribution in [0.25, 0.3) is 0 Å². The first kappa shape index (κ1) is 8.52. The predicted molar refractivity (Wildman–Crippen MR) is 51.2 cm³/mol. The SMILES string of the molecule is CN(C1CNC1)C1CC(C)(C)C1. The Morgan fingerprint density at radius 3 is 2.08 bits per heavy atom. The summed E-state index contributed by atoms with van der Waals surface area (Å²) in [5, 5.41) is 3.32. The van der Waals surface area contributed by atoms with Gasteiger partial charge in [-0.3, -0.25) is 4.90 Å². The van der Waals surface area contributed by atoms with E-state index in [9.17, 15) is 0 Å². The quantitative estimate of drug-likeness (QED) is 0.663. The Morgan fingerprint density at radius 2 is 1.75 bits per heavy atom. The fraction of sp³-hybridized carbons (Fsp3) is 1.00. The molecule has 0 aromatic rings. The van der Waals surface area contributed by atoms with Gasteiger partial charge in [-0.2, -0.15) is 0 Å². The lowest BCUT2D eigenvalue weighted by Crippen LogP contribution is -2.61. The number of nitrogens with one attached hydrogen (secondary N) is 1. The maximum Gasteiger partial charge on any atom is 0.0345 e. The van der Waals surface area contributed by atoms with Gasteiger partial charge in [0.1, 0.15) is 0 Å². The Bertz CT molecular complexity index is 165. The van der Waals surface area contributed by atoms with Gasteiger partial charge in [-0.05, 0) is 25.3 Å². The van der Waals surface area contributed by atoms with Crippen LogP contribution >= 0.6 is 0 Å². The van der Waals surface area contributed by atoms with Gasteiger partial charge in [0.2, 0.25) is 0 Å². The molecule has 1 aliphatic carbocycles. The maximum absolute atomic E-state index is 3.32. The Morgan fingerprint density at radius 1 is 1.17 bits per heavy atom. The molecule has 1 N–H and O–H groups in total. The lowest BCUT2D eigenvalue weighted by Gasteiger charge is -2.51. The van der Waals surface area contributed by atoms with Gasteiger partial charge < -0.3 is 5.32 Å². The van der Waals surface area contributed by atoms with Crippen LogP contribution in [0.3, 0.4) is 0 Å². The van der Waals surface area contributed by atoms with Crippen molar-refractivity contribution in [3.63, 3.8) is 0 Å². The summed E-state index contributed by atoms with van der Waals surface area (Å²) in [5.74, 6) is 0. The largest absolute Gasteiger partial charge is 0.314 e. The molecule has 0 spiro atoms. The summed E-state index contributed by atoms with van der Waals surface area (Å²) in [7, 11) is 2.28. The molecule has 0 atom stereocenters. The minimum absolute atomic E-state index is 0.621. The molecular formula is C10H20N2. The van der Waals surface area contributed by atoms with Crippen LogP contribution in [0.4, 0.5) is 0 Å². The van der Waals surface area contributed by atoms with Gasteiger partial charge in [0.05, 0.1) is 0 Å². The second-order valence-corrected chi connectivity index (χ2v) is 5.20. The van der Waals surface area contributed by atoms with E-state index in [0.717, 1.165) is 12.1 Å². The smallest absolute Gasteiger partial charge is 0.0345 e. The van der Waals surface area contributed by atoms with Crippen LogP contribution < -0.4 is 5.32 Å². The van der Waals surface area contributed by atoms with Crippen molar-refractivity contribution >= 4 is 0 Å². The van der Waals surface area contributed by atoms with Gasteiger partial charge in [-0.1, -0.05) is 13.8 Å². The minimum Gasteiger partial charge on any atom is -0.314 e. The van der Waals surface area contributed by atoms with E-state index in [1.165, 1.54) is 25.9 Å². The second-order valence-electron chi connectivity index (χ2n) is 5.20. The first-order chi connectivity index (χ1) is 5.58. The zero-order chi connectivity index (χ0) is 8.77. The third-order valence-corrected chi connectivity index (χ3v) is 3.49. The monoisotopic (exact) mass is 168 g/mol. The summed E-state index contributed by atoms with van der Waals surface area (Å²) in [6.45, 7) is 7.15. The van der Waals surface area contributed by atoms with E-state index in [4.69, 9.17) is 0 Å². The Hall–Kier alpha value is -0.0800. The molecular weight excluding hydrogens is 148 g/mol. The zero-order valence-electron chi connectivity index (χ0n) is 8.43. The normalized spacial score (nSPS) is 30.0. The number of hydrogen-bond acceptors (Lipinski definition) is 2. The third-order valence-electron chi connectivity index (χ3n) is 3.49. The van der Waals surface area contributed by atoms with E-state index < -0.39 is 0 Å². The highest BCUT2D eigenvalue weighted by molar-refractivity contribution is 4.96. The number of likely N-dealkylation sites (N-methyl/N-ethyl adjacent to an activating group) is 1. The minimum atomic E-state index is 0.621. The van der Waals surface area contributed by atoms with Gasteiger partial charge in [-0.25, -0.2) is 0 Å². The number of nitrogens with zero attached hydrogens (tertiary/aromatic N) is 1. The predicted octanol–water partition coefficient (Wildman–Crippen LogP) is 1.08. The molecule has 70 valence electrons. The molecule has 1 saturated carbocycles. The van der Waals surface area contributed by atoms with E-state index in [-0.39, 0.29) is 0 Å². The van der Waals surface area contributed by atoms with Crippen molar-refractivity contribution in [3.05, 3.63) is 0 Å². The average molecular weight is 168 g/mol. The molecule has 0 bridgehead atoms. The molecule has 0 aromatic carbocycles. The summed E-state index contributed by atoms with van der Waals surface area (Å²) in [6, 6.07) is 1.69. The highest BCUT2D eigenvalue weighted by Crippen LogP contribution is 2.42. The molecule has 1 aliphatic heterocycles.